The first-order valence-corrected chi connectivity index (χ1v) is 7.07. The number of rotatable bonds is 3. The fraction of sp³-hybridized carbons (Fsp3) is 0.818. The molecule has 0 bridgehead atoms. The lowest BCUT2D eigenvalue weighted by atomic mass is 10.1. The first-order chi connectivity index (χ1) is 9.15. The molecule has 0 amide bonds. The van der Waals surface area contributed by atoms with Crippen molar-refractivity contribution in [2.45, 2.75) is 25.6 Å². The van der Waals surface area contributed by atoms with E-state index in [1.807, 2.05) is 0 Å². The van der Waals surface area contributed by atoms with Gasteiger partial charge in [0.1, 0.15) is 0 Å². The fourth-order valence-electron chi connectivity index (χ4n) is 2.10. The Morgan fingerprint density at radius 3 is 2.20 bits per heavy atom. The summed E-state index contributed by atoms with van der Waals surface area (Å²) in [6.45, 7) is 6.56. The summed E-state index contributed by atoms with van der Waals surface area (Å²) in [5, 5.41) is 15.9. The van der Waals surface area contributed by atoms with Crippen LogP contribution in [0.1, 0.15) is 18.9 Å². The summed E-state index contributed by atoms with van der Waals surface area (Å²) in [5.41, 5.74) is -0.769. The Kier molecular flexibility index (Phi) is 4.22. The molecule has 0 unspecified atom stereocenters. The molecule has 0 aliphatic carbocycles. The van der Waals surface area contributed by atoms with Gasteiger partial charge in [0, 0.05) is 32.7 Å². The molecule has 1 aliphatic heterocycles. The number of piperazine rings is 1. The van der Waals surface area contributed by atoms with Crippen molar-refractivity contribution in [1.29, 1.82) is 0 Å². The molecule has 5 nitrogen and oxygen atoms in total. The molecule has 1 aromatic rings. The summed E-state index contributed by atoms with van der Waals surface area (Å²) in [5.74, 6) is 0. The molecule has 114 valence electrons. The second-order valence-corrected chi connectivity index (χ2v) is 6.42. The van der Waals surface area contributed by atoms with Crippen molar-refractivity contribution in [3.63, 3.8) is 0 Å². The largest absolute Gasteiger partial charge is 0.445 e. The third kappa shape index (κ3) is 4.03. The molecule has 2 rings (SSSR count). The Labute approximate surface area is 119 Å². The van der Waals surface area contributed by atoms with Gasteiger partial charge < -0.3 is 10.0 Å². The van der Waals surface area contributed by atoms with Crippen LogP contribution >= 0.6 is 11.3 Å². The lowest BCUT2D eigenvalue weighted by molar-refractivity contribution is -0.138. The van der Waals surface area contributed by atoms with Crippen molar-refractivity contribution in [3.8, 4) is 0 Å². The van der Waals surface area contributed by atoms with Crippen molar-refractivity contribution in [2.24, 2.45) is 0 Å². The topological polar surface area (TPSA) is 52.5 Å². The average molecular weight is 310 g/mol. The van der Waals surface area contributed by atoms with E-state index >= 15 is 0 Å². The van der Waals surface area contributed by atoms with Crippen molar-refractivity contribution >= 4 is 16.5 Å². The van der Waals surface area contributed by atoms with Gasteiger partial charge in [-0.05, 0) is 13.8 Å². The predicted octanol–water partition coefficient (Wildman–Crippen LogP) is 1.45. The van der Waals surface area contributed by atoms with E-state index in [9.17, 15) is 18.3 Å². The maximum Gasteiger partial charge on any atom is 0.445 e. The molecule has 0 atom stereocenters. The minimum absolute atomic E-state index is 0.306. The number of hydrogen-bond donors (Lipinski definition) is 1. The van der Waals surface area contributed by atoms with Crippen LogP contribution in [0, 0.1) is 0 Å². The van der Waals surface area contributed by atoms with E-state index in [2.05, 4.69) is 15.1 Å². The monoisotopic (exact) mass is 310 g/mol. The Morgan fingerprint density at radius 1 is 1.15 bits per heavy atom. The minimum Gasteiger partial charge on any atom is -0.389 e. The molecule has 20 heavy (non-hydrogen) atoms. The van der Waals surface area contributed by atoms with Crippen LogP contribution in [0.5, 0.6) is 0 Å². The maximum absolute atomic E-state index is 12.5. The van der Waals surface area contributed by atoms with Crippen LogP contribution in [0.15, 0.2) is 0 Å². The van der Waals surface area contributed by atoms with E-state index in [1.54, 1.807) is 18.7 Å². The highest BCUT2D eigenvalue weighted by Gasteiger charge is 2.36. The number of halogens is 3. The standard InChI is InChI=1S/C11H17F3N4OS/c1-10(2,19)7-17-3-5-18(6-4-17)9-16-15-8(20-9)11(12,13)14/h19H,3-7H2,1-2H3. The molecule has 0 saturated carbocycles. The lowest BCUT2D eigenvalue weighted by Gasteiger charge is -2.36. The predicted molar refractivity (Wildman–Crippen MR) is 69.9 cm³/mol. The molecule has 1 aliphatic rings. The molecular formula is C11H17F3N4OS. The first-order valence-electron chi connectivity index (χ1n) is 6.25. The molecule has 9 heteroatoms. The Balaban J connectivity index is 1.92. The zero-order valence-electron chi connectivity index (χ0n) is 11.3. The summed E-state index contributed by atoms with van der Waals surface area (Å²) in [6, 6.07) is 0. The number of hydrogen-bond acceptors (Lipinski definition) is 6. The van der Waals surface area contributed by atoms with Gasteiger partial charge in [-0.25, -0.2) is 0 Å². The van der Waals surface area contributed by atoms with Gasteiger partial charge in [0.15, 0.2) is 0 Å². The highest BCUT2D eigenvalue weighted by Crippen LogP contribution is 2.34. The number of nitrogens with zero attached hydrogens (tertiary/aromatic N) is 4. The van der Waals surface area contributed by atoms with E-state index < -0.39 is 16.8 Å². The number of anilines is 1. The number of aliphatic hydroxyl groups is 1. The van der Waals surface area contributed by atoms with Gasteiger partial charge in [-0.15, -0.1) is 10.2 Å². The van der Waals surface area contributed by atoms with Crippen LogP contribution in [0.25, 0.3) is 0 Å². The Bertz CT molecular complexity index is 449. The fourth-order valence-corrected chi connectivity index (χ4v) is 2.87. The van der Waals surface area contributed by atoms with Crippen LogP contribution in [0.4, 0.5) is 18.3 Å². The van der Waals surface area contributed by atoms with Crippen LogP contribution < -0.4 is 4.90 Å². The summed E-state index contributed by atoms with van der Waals surface area (Å²) in [4.78, 5) is 3.88. The molecule has 0 radical (unpaired) electrons. The molecule has 0 aromatic carbocycles. The molecule has 1 saturated heterocycles. The third-order valence-corrected chi connectivity index (χ3v) is 3.94. The highest BCUT2D eigenvalue weighted by atomic mass is 32.1. The zero-order chi connectivity index (χ0) is 15.0. The third-order valence-electron chi connectivity index (χ3n) is 2.91. The second-order valence-electron chi connectivity index (χ2n) is 5.46. The molecule has 1 aromatic heterocycles. The quantitative estimate of drug-likeness (QED) is 0.916. The molecule has 0 spiro atoms. The molecular weight excluding hydrogens is 293 g/mol. The van der Waals surface area contributed by atoms with Gasteiger partial charge >= 0.3 is 6.18 Å². The summed E-state index contributed by atoms with van der Waals surface area (Å²) < 4.78 is 37.4. The second kappa shape index (κ2) is 5.45. The van der Waals surface area contributed by atoms with Gasteiger partial charge in [0.2, 0.25) is 10.1 Å². The molecule has 2 heterocycles. The van der Waals surface area contributed by atoms with E-state index in [0.717, 1.165) is 0 Å². The van der Waals surface area contributed by atoms with Crippen molar-refractivity contribution < 1.29 is 18.3 Å². The maximum atomic E-state index is 12.5. The van der Waals surface area contributed by atoms with Crippen molar-refractivity contribution in [1.82, 2.24) is 15.1 Å². The van der Waals surface area contributed by atoms with Crippen molar-refractivity contribution in [3.05, 3.63) is 5.01 Å². The first kappa shape index (κ1) is 15.5. The van der Waals surface area contributed by atoms with E-state index in [-0.39, 0.29) is 0 Å². The van der Waals surface area contributed by atoms with Gasteiger partial charge in [0.25, 0.3) is 0 Å². The average Bonchev–Trinajstić information content (AvgIpc) is 2.76. The lowest BCUT2D eigenvalue weighted by Crippen LogP contribution is -2.50. The van der Waals surface area contributed by atoms with Gasteiger partial charge in [-0.3, -0.25) is 4.90 Å². The number of β-amino-alcohol motifs (C(OH)–C–C–N with tert-alkyl or cyclic N) is 1. The Morgan fingerprint density at radius 2 is 1.75 bits per heavy atom. The smallest absolute Gasteiger partial charge is 0.389 e. The van der Waals surface area contributed by atoms with Gasteiger partial charge in [0.05, 0.1) is 5.60 Å². The summed E-state index contributed by atoms with van der Waals surface area (Å²) in [7, 11) is 0. The van der Waals surface area contributed by atoms with Crippen LogP contribution in [0.3, 0.4) is 0 Å². The summed E-state index contributed by atoms with van der Waals surface area (Å²) >= 11 is 0.572. The Hall–Kier alpha value is -0.930. The number of aromatic nitrogens is 2. The minimum atomic E-state index is -4.43. The van der Waals surface area contributed by atoms with Gasteiger partial charge in [-0.2, -0.15) is 13.2 Å². The van der Waals surface area contributed by atoms with E-state index in [4.69, 9.17) is 0 Å². The highest BCUT2D eigenvalue weighted by molar-refractivity contribution is 7.15. The van der Waals surface area contributed by atoms with E-state index in [0.29, 0.717) is 49.2 Å². The molecule has 1 N–H and O–H groups in total. The zero-order valence-corrected chi connectivity index (χ0v) is 12.1. The van der Waals surface area contributed by atoms with Crippen molar-refractivity contribution in [2.75, 3.05) is 37.6 Å². The number of alkyl halides is 3. The SMILES string of the molecule is CC(C)(O)CN1CCN(c2nnc(C(F)(F)F)s2)CC1. The van der Waals surface area contributed by atoms with E-state index in [1.165, 1.54) is 0 Å². The van der Waals surface area contributed by atoms with Crippen LogP contribution in [-0.4, -0.2) is 58.5 Å². The molecule has 1 fully saturated rings. The summed E-state index contributed by atoms with van der Waals surface area (Å²) in [6.07, 6.45) is -4.43. The van der Waals surface area contributed by atoms with Crippen LogP contribution in [0.2, 0.25) is 0 Å². The normalized spacial score (nSPS) is 18.6. The van der Waals surface area contributed by atoms with Gasteiger partial charge in [-0.1, -0.05) is 11.3 Å². The van der Waals surface area contributed by atoms with Crippen LogP contribution in [-0.2, 0) is 6.18 Å².